The molecule has 4 aromatic carbocycles. The minimum absolute atomic E-state index is 0.0514. The first kappa shape index (κ1) is 33.3. The van der Waals surface area contributed by atoms with Gasteiger partial charge in [0, 0.05) is 25.6 Å². The number of sulfonamides is 1. The number of nitrogens with zero attached hydrogens (tertiary/aromatic N) is 2. The van der Waals surface area contributed by atoms with Gasteiger partial charge in [0.2, 0.25) is 11.8 Å². The topological polar surface area (TPSA) is 96.0 Å². The molecule has 0 aliphatic rings. The van der Waals surface area contributed by atoms with Gasteiger partial charge in [-0.3, -0.25) is 13.9 Å². The summed E-state index contributed by atoms with van der Waals surface area (Å²) in [6.07, 6.45) is 0.992. The molecule has 0 saturated heterocycles. The van der Waals surface area contributed by atoms with Gasteiger partial charge in [0.1, 0.15) is 18.3 Å². The Balaban J connectivity index is 1.81. The van der Waals surface area contributed by atoms with E-state index in [1.54, 1.807) is 36.4 Å². The van der Waals surface area contributed by atoms with Crippen LogP contribution < -0.4 is 14.4 Å². The molecule has 236 valence electrons. The number of amides is 2. The molecule has 0 bridgehead atoms. The molecular weight excluding hydrogens is 586 g/mol. The first-order valence-electron chi connectivity index (χ1n) is 15.0. The van der Waals surface area contributed by atoms with Crippen molar-refractivity contribution < 1.29 is 22.7 Å². The van der Waals surface area contributed by atoms with Gasteiger partial charge < -0.3 is 15.0 Å². The number of carbonyl (C=O) groups is 2. The van der Waals surface area contributed by atoms with Gasteiger partial charge >= 0.3 is 0 Å². The standard InChI is InChI=1S/C36H41N3O5S/c1-5-21-37-36(41)34(23-29-12-7-6-8-13-29)38(25-30-14-9-11-28(3)22-30)35(40)26-39(31-15-10-16-32(24-31)44-4)45(42,43)33-19-17-27(2)18-20-33/h6-20,22,24,34H,5,21,23,25-26H2,1-4H3,(H,37,41). The predicted molar refractivity (Wildman–Crippen MR) is 178 cm³/mol. The molecule has 9 heteroatoms. The molecule has 4 rings (SSSR count). The van der Waals surface area contributed by atoms with E-state index < -0.39 is 28.5 Å². The molecule has 1 unspecified atom stereocenters. The van der Waals surface area contributed by atoms with E-state index in [0.717, 1.165) is 33.0 Å². The van der Waals surface area contributed by atoms with Gasteiger partial charge in [0.25, 0.3) is 10.0 Å². The van der Waals surface area contributed by atoms with Crippen LogP contribution in [0.3, 0.4) is 0 Å². The first-order chi connectivity index (χ1) is 21.6. The van der Waals surface area contributed by atoms with E-state index >= 15 is 0 Å². The molecule has 1 atom stereocenters. The molecule has 1 N–H and O–H groups in total. The van der Waals surface area contributed by atoms with Crippen LogP contribution in [0.4, 0.5) is 5.69 Å². The van der Waals surface area contributed by atoms with Gasteiger partial charge in [0.15, 0.2) is 0 Å². The van der Waals surface area contributed by atoms with E-state index in [9.17, 15) is 18.0 Å². The van der Waals surface area contributed by atoms with Gasteiger partial charge in [-0.25, -0.2) is 8.42 Å². The zero-order valence-corrected chi connectivity index (χ0v) is 27.1. The Kier molecular flexibility index (Phi) is 11.4. The van der Waals surface area contributed by atoms with Crippen LogP contribution in [0.5, 0.6) is 5.75 Å². The van der Waals surface area contributed by atoms with Crippen LogP contribution in [-0.4, -0.2) is 51.4 Å². The third-order valence-corrected chi connectivity index (χ3v) is 9.27. The van der Waals surface area contributed by atoms with Crippen molar-refractivity contribution >= 4 is 27.5 Å². The highest BCUT2D eigenvalue weighted by molar-refractivity contribution is 7.92. The van der Waals surface area contributed by atoms with E-state index in [1.165, 1.54) is 24.1 Å². The number of anilines is 1. The largest absolute Gasteiger partial charge is 0.497 e. The van der Waals surface area contributed by atoms with Crippen molar-refractivity contribution in [1.82, 2.24) is 10.2 Å². The van der Waals surface area contributed by atoms with Crippen molar-refractivity contribution in [3.63, 3.8) is 0 Å². The molecule has 0 fully saturated rings. The van der Waals surface area contributed by atoms with E-state index in [1.807, 2.05) is 75.4 Å². The zero-order valence-electron chi connectivity index (χ0n) is 26.3. The summed E-state index contributed by atoms with van der Waals surface area (Å²) >= 11 is 0. The van der Waals surface area contributed by atoms with Crippen LogP contribution in [0.1, 0.15) is 35.6 Å². The Morgan fingerprint density at radius 1 is 0.822 bits per heavy atom. The van der Waals surface area contributed by atoms with Crippen molar-refractivity contribution in [3.05, 3.63) is 125 Å². The summed E-state index contributed by atoms with van der Waals surface area (Å²) in [5.74, 6) is -0.361. The molecule has 8 nitrogen and oxygen atoms in total. The summed E-state index contributed by atoms with van der Waals surface area (Å²) in [5.41, 5.74) is 3.90. The molecule has 0 spiro atoms. The third kappa shape index (κ3) is 8.73. The number of hydrogen-bond acceptors (Lipinski definition) is 5. The fraction of sp³-hybridized carbons (Fsp3) is 0.278. The summed E-state index contributed by atoms with van der Waals surface area (Å²) in [6, 6.07) is 29.5. The van der Waals surface area contributed by atoms with E-state index in [2.05, 4.69) is 5.32 Å². The van der Waals surface area contributed by atoms with Crippen LogP contribution in [0.15, 0.2) is 108 Å². The maximum atomic E-state index is 14.5. The normalized spacial score (nSPS) is 11.8. The number of benzene rings is 4. The molecule has 0 aliphatic carbocycles. The van der Waals surface area contributed by atoms with Crippen molar-refractivity contribution in [2.45, 2.75) is 51.1 Å². The van der Waals surface area contributed by atoms with Crippen LogP contribution >= 0.6 is 0 Å². The summed E-state index contributed by atoms with van der Waals surface area (Å²) in [7, 11) is -2.70. The molecule has 0 radical (unpaired) electrons. The second-order valence-electron chi connectivity index (χ2n) is 11.0. The van der Waals surface area contributed by atoms with Crippen LogP contribution in [-0.2, 0) is 32.6 Å². The second kappa shape index (κ2) is 15.4. The molecule has 45 heavy (non-hydrogen) atoms. The van der Waals surface area contributed by atoms with Gasteiger partial charge in [-0.15, -0.1) is 0 Å². The highest BCUT2D eigenvalue weighted by atomic mass is 32.2. The van der Waals surface area contributed by atoms with Crippen LogP contribution in [0.2, 0.25) is 0 Å². The minimum Gasteiger partial charge on any atom is -0.497 e. The van der Waals surface area contributed by atoms with Crippen molar-refractivity contribution in [1.29, 1.82) is 0 Å². The minimum atomic E-state index is -4.19. The smallest absolute Gasteiger partial charge is 0.264 e. The van der Waals surface area contributed by atoms with E-state index in [-0.39, 0.29) is 29.5 Å². The number of hydrogen-bond donors (Lipinski definition) is 1. The van der Waals surface area contributed by atoms with Crippen molar-refractivity contribution in [3.8, 4) is 5.75 Å². The number of carbonyl (C=O) groups excluding carboxylic acids is 2. The fourth-order valence-corrected chi connectivity index (χ4v) is 6.46. The van der Waals surface area contributed by atoms with Gasteiger partial charge in [-0.05, 0) is 55.7 Å². The third-order valence-electron chi connectivity index (χ3n) is 7.48. The molecular formula is C36H41N3O5S. The summed E-state index contributed by atoms with van der Waals surface area (Å²) in [4.78, 5) is 29.8. The Morgan fingerprint density at radius 3 is 2.18 bits per heavy atom. The Morgan fingerprint density at radius 2 is 1.51 bits per heavy atom. The highest BCUT2D eigenvalue weighted by Crippen LogP contribution is 2.28. The van der Waals surface area contributed by atoms with Gasteiger partial charge in [0.05, 0.1) is 17.7 Å². The Labute approximate surface area is 266 Å². The van der Waals surface area contributed by atoms with Gasteiger partial charge in [-0.1, -0.05) is 90.8 Å². The zero-order chi connectivity index (χ0) is 32.4. The maximum absolute atomic E-state index is 14.5. The lowest BCUT2D eigenvalue weighted by atomic mass is 10.0. The molecule has 2 amide bonds. The lowest BCUT2D eigenvalue weighted by Gasteiger charge is -2.34. The summed E-state index contributed by atoms with van der Waals surface area (Å²) in [5, 5.41) is 2.97. The van der Waals surface area contributed by atoms with E-state index in [0.29, 0.717) is 12.3 Å². The van der Waals surface area contributed by atoms with Crippen LogP contribution in [0, 0.1) is 13.8 Å². The Hall–Kier alpha value is -4.63. The highest BCUT2D eigenvalue weighted by Gasteiger charge is 2.34. The maximum Gasteiger partial charge on any atom is 0.264 e. The lowest BCUT2D eigenvalue weighted by molar-refractivity contribution is -0.140. The van der Waals surface area contributed by atoms with Crippen LogP contribution in [0.25, 0.3) is 0 Å². The number of rotatable bonds is 14. The molecule has 0 heterocycles. The van der Waals surface area contributed by atoms with Crippen molar-refractivity contribution in [2.75, 3.05) is 24.5 Å². The average molecular weight is 628 g/mol. The number of methoxy groups -OCH3 is 1. The first-order valence-corrected chi connectivity index (χ1v) is 16.5. The molecule has 0 aromatic heterocycles. The monoisotopic (exact) mass is 627 g/mol. The second-order valence-corrected chi connectivity index (χ2v) is 12.9. The molecule has 4 aromatic rings. The van der Waals surface area contributed by atoms with E-state index in [4.69, 9.17) is 4.74 Å². The van der Waals surface area contributed by atoms with Crippen molar-refractivity contribution in [2.24, 2.45) is 0 Å². The lowest BCUT2D eigenvalue weighted by Crippen LogP contribution is -2.53. The number of ether oxygens (including phenoxy) is 1. The Bertz CT molecular complexity index is 1690. The number of aryl methyl sites for hydroxylation is 2. The predicted octanol–water partition coefficient (Wildman–Crippen LogP) is 5.67. The number of nitrogens with one attached hydrogen (secondary N) is 1. The quantitative estimate of drug-likeness (QED) is 0.194. The fourth-order valence-electron chi connectivity index (χ4n) is 5.06. The van der Waals surface area contributed by atoms with Gasteiger partial charge in [-0.2, -0.15) is 0 Å². The SMILES string of the molecule is CCCNC(=O)C(Cc1ccccc1)N(Cc1cccc(C)c1)C(=O)CN(c1cccc(OC)c1)S(=O)(=O)c1ccc(C)cc1. The molecule has 0 aliphatic heterocycles. The molecule has 0 saturated carbocycles. The summed E-state index contributed by atoms with van der Waals surface area (Å²) in [6.45, 7) is 5.84. The summed E-state index contributed by atoms with van der Waals surface area (Å²) < 4.78 is 34.8. The average Bonchev–Trinajstić information content (AvgIpc) is 3.04.